The van der Waals surface area contributed by atoms with Crippen molar-refractivity contribution in [2.45, 2.75) is 51.7 Å². The summed E-state index contributed by atoms with van der Waals surface area (Å²) in [6.45, 7) is 11.3. The van der Waals surface area contributed by atoms with Crippen molar-refractivity contribution in [3.05, 3.63) is 33.8 Å². The molecule has 1 saturated heterocycles. The number of hydrogen-bond donors (Lipinski definition) is 3. The molecule has 1 aliphatic heterocycles. The average Bonchev–Trinajstić information content (AvgIpc) is 2.61. The van der Waals surface area contributed by atoms with Gasteiger partial charge in [-0.15, -0.1) is 0 Å². The van der Waals surface area contributed by atoms with Crippen molar-refractivity contribution in [2.75, 3.05) is 33.2 Å². The van der Waals surface area contributed by atoms with Crippen molar-refractivity contribution in [1.82, 2.24) is 20.9 Å². The number of aliphatic imine (C=N–C) groups is 1. The first-order chi connectivity index (χ1) is 12.8. The minimum atomic E-state index is 0.139. The summed E-state index contributed by atoms with van der Waals surface area (Å²) in [5, 5.41) is 11.6. The number of piperidine rings is 1. The molecule has 1 aromatic rings. The van der Waals surface area contributed by atoms with Crippen LogP contribution in [-0.2, 0) is 6.54 Å². The van der Waals surface area contributed by atoms with Crippen LogP contribution in [0.3, 0.4) is 0 Å². The van der Waals surface area contributed by atoms with Crippen LogP contribution in [0.25, 0.3) is 0 Å². The molecule has 1 aliphatic rings. The highest BCUT2D eigenvalue weighted by atomic mass is 35.5. The highest BCUT2D eigenvalue weighted by molar-refractivity contribution is 6.42. The molecule has 1 heterocycles. The van der Waals surface area contributed by atoms with E-state index < -0.39 is 0 Å². The van der Waals surface area contributed by atoms with Gasteiger partial charge in [-0.1, -0.05) is 29.3 Å². The zero-order chi connectivity index (χ0) is 19.9. The molecule has 0 spiro atoms. The van der Waals surface area contributed by atoms with Crippen LogP contribution < -0.4 is 16.0 Å². The molecule has 5 nitrogen and oxygen atoms in total. The summed E-state index contributed by atoms with van der Waals surface area (Å²) in [4.78, 5) is 6.81. The van der Waals surface area contributed by atoms with E-state index in [1.54, 1.807) is 0 Å². The summed E-state index contributed by atoms with van der Waals surface area (Å²) in [6.07, 6.45) is 2.20. The normalized spacial score (nSPS) is 17.2. The van der Waals surface area contributed by atoms with E-state index in [1.165, 1.54) is 5.56 Å². The van der Waals surface area contributed by atoms with Gasteiger partial charge in [0.25, 0.3) is 0 Å². The van der Waals surface area contributed by atoms with Gasteiger partial charge in [-0.2, -0.15) is 0 Å². The van der Waals surface area contributed by atoms with E-state index in [0.717, 1.165) is 51.5 Å². The van der Waals surface area contributed by atoms with Crippen molar-refractivity contribution in [3.8, 4) is 0 Å². The number of rotatable bonds is 6. The number of nitrogens with one attached hydrogen (secondary N) is 3. The second-order valence-corrected chi connectivity index (χ2v) is 8.93. The highest BCUT2D eigenvalue weighted by Crippen LogP contribution is 2.24. The van der Waals surface area contributed by atoms with Gasteiger partial charge in [0.15, 0.2) is 5.96 Å². The molecule has 152 valence electrons. The molecule has 1 aromatic carbocycles. The fourth-order valence-electron chi connectivity index (χ4n) is 3.14. The molecule has 3 N–H and O–H groups in total. The summed E-state index contributed by atoms with van der Waals surface area (Å²) < 4.78 is 0. The third-order valence-electron chi connectivity index (χ3n) is 4.61. The molecular formula is C20H33Cl2N5. The van der Waals surface area contributed by atoms with Gasteiger partial charge in [0, 0.05) is 51.4 Å². The van der Waals surface area contributed by atoms with E-state index in [0.29, 0.717) is 16.1 Å². The van der Waals surface area contributed by atoms with Crippen molar-refractivity contribution >= 4 is 29.2 Å². The summed E-state index contributed by atoms with van der Waals surface area (Å²) in [5.74, 6) is 0.883. The van der Waals surface area contributed by atoms with Crippen LogP contribution in [0.4, 0.5) is 0 Å². The largest absolute Gasteiger partial charge is 0.355 e. The minimum absolute atomic E-state index is 0.139. The molecule has 7 heteroatoms. The number of nitrogens with zero attached hydrogens (tertiary/aromatic N) is 2. The van der Waals surface area contributed by atoms with Crippen LogP contribution in [0, 0.1) is 0 Å². The standard InChI is InChI=1S/C20H33Cl2N5/c1-20(2,3)25-10-9-24-19(23-4)26-16-7-11-27(12-8-16)14-15-5-6-17(21)18(22)13-15/h5-6,13,16,25H,7-12,14H2,1-4H3,(H2,23,24,26). The molecule has 2 rings (SSSR count). The van der Waals surface area contributed by atoms with Crippen LogP contribution in [0.2, 0.25) is 10.0 Å². The summed E-state index contributed by atoms with van der Waals surface area (Å²) in [5.41, 5.74) is 1.35. The van der Waals surface area contributed by atoms with Gasteiger partial charge in [-0.25, -0.2) is 0 Å². The lowest BCUT2D eigenvalue weighted by molar-refractivity contribution is 0.198. The smallest absolute Gasteiger partial charge is 0.191 e. The van der Waals surface area contributed by atoms with Crippen LogP contribution >= 0.6 is 23.2 Å². The molecule has 0 amide bonds. The Morgan fingerprint density at radius 1 is 1.15 bits per heavy atom. The monoisotopic (exact) mass is 413 g/mol. The first-order valence-electron chi connectivity index (χ1n) is 9.65. The zero-order valence-electron chi connectivity index (χ0n) is 16.9. The van der Waals surface area contributed by atoms with Crippen LogP contribution in [0.15, 0.2) is 23.2 Å². The lowest BCUT2D eigenvalue weighted by atomic mass is 10.0. The van der Waals surface area contributed by atoms with Gasteiger partial charge in [0.05, 0.1) is 10.0 Å². The summed E-state index contributed by atoms with van der Waals surface area (Å²) >= 11 is 12.1. The Balaban J connectivity index is 1.70. The molecule has 0 aromatic heterocycles. The zero-order valence-corrected chi connectivity index (χ0v) is 18.4. The topological polar surface area (TPSA) is 51.7 Å². The SMILES string of the molecule is CN=C(NCCNC(C)(C)C)NC1CCN(Cc2ccc(Cl)c(Cl)c2)CC1. The summed E-state index contributed by atoms with van der Waals surface area (Å²) in [7, 11) is 1.83. The molecule has 1 fully saturated rings. The Hall–Kier alpha value is -1.01. The van der Waals surface area contributed by atoms with Crippen LogP contribution in [0.1, 0.15) is 39.2 Å². The van der Waals surface area contributed by atoms with E-state index in [4.69, 9.17) is 23.2 Å². The lowest BCUT2D eigenvalue weighted by Crippen LogP contribution is -2.50. The number of halogens is 2. The maximum absolute atomic E-state index is 6.12. The minimum Gasteiger partial charge on any atom is -0.355 e. The van der Waals surface area contributed by atoms with E-state index in [1.807, 2.05) is 19.2 Å². The Morgan fingerprint density at radius 2 is 1.85 bits per heavy atom. The van der Waals surface area contributed by atoms with Gasteiger partial charge in [-0.05, 0) is 51.3 Å². The van der Waals surface area contributed by atoms with E-state index >= 15 is 0 Å². The van der Waals surface area contributed by atoms with Gasteiger partial charge in [-0.3, -0.25) is 9.89 Å². The predicted octanol–water partition coefficient (Wildman–Crippen LogP) is 3.51. The number of guanidine groups is 1. The first-order valence-corrected chi connectivity index (χ1v) is 10.4. The van der Waals surface area contributed by atoms with Gasteiger partial charge in [0.2, 0.25) is 0 Å². The second-order valence-electron chi connectivity index (χ2n) is 8.12. The third-order valence-corrected chi connectivity index (χ3v) is 5.35. The third kappa shape index (κ3) is 8.26. The quantitative estimate of drug-likeness (QED) is 0.379. The number of likely N-dealkylation sites (tertiary alicyclic amines) is 1. The van der Waals surface area contributed by atoms with Crippen LogP contribution in [-0.4, -0.2) is 55.7 Å². The maximum Gasteiger partial charge on any atom is 0.191 e. The van der Waals surface area contributed by atoms with Crippen molar-refractivity contribution in [1.29, 1.82) is 0 Å². The molecular weight excluding hydrogens is 381 g/mol. The van der Waals surface area contributed by atoms with Gasteiger partial charge < -0.3 is 16.0 Å². The Bertz CT molecular complexity index is 619. The number of hydrogen-bond acceptors (Lipinski definition) is 3. The summed E-state index contributed by atoms with van der Waals surface area (Å²) in [6, 6.07) is 6.34. The van der Waals surface area contributed by atoms with Gasteiger partial charge in [0.1, 0.15) is 0 Å². The fourth-order valence-corrected chi connectivity index (χ4v) is 3.46. The molecule has 27 heavy (non-hydrogen) atoms. The Kier molecular flexibility index (Phi) is 8.67. The Labute approximate surface area is 173 Å². The lowest BCUT2D eigenvalue weighted by Gasteiger charge is -2.33. The molecule has 0 radical (unpaired) electrons. The van der Waals surface area contributed by atoms with Crippen molar-refractivity contribution in [3.63, 3.8) is 0 Å². The predicted molar refractivity (Wildman–Crippen MR) is 117 cm³/mol. The van der Waals surface area contributed by atoms with E-state index in [9.17, 15) is 0 Å². The van der Waals surface area contributed by atoms with Crippen molar-refractivity contribution < 1.29 is 0 Å². The average molecular weight is 414 g/mol. The molecule has 0 saturated carbocycles. The molecule has 0 unspecified atom stereocenters. The fraction of sp³-hybridized carbons (Fsp3) is 0.650. The van der Waals surface area contributed by atoms with Crippen LogP contribution in [0.5, 0.6) is 0 Å². The Morgan fingerprint density at radius 3 is 2.44 bits per heavy atom. The first kappa shape index (κ1) is 22.3. The molecule has 0 aliphatic carbocycles. The maximum atomic E-state index is 6.12. The molecule has 0 bridgehead atoms. The van der Waals surface area contributed by atoms with Gasteiger partial charge >= 0.3 is 0 Å². The molecule has 0 atom stereocenters. The van der Waals surface area contributed by atoms with E-state index in [2.05, 4.69) is 52.7 Å². The second kappa shape index (κ2) is 10.5. The van der Waals surface area contributed by atoms with E-state index in [-0.39, 0.29) is 5.54 Å². The van der Waals surface area contributed by atoms with Crippen molar-refractivity contribution in [2.24, 2.45) is 4.99 Å². The number of benzene rings is 1. The highest BCUT2D eigenvalue weighted by Gasteiger charge is 2.20.